The number of benzene rings is 1. The van der Waals surface area contributed by atoms with Gasteiger partial charge < -0.3 is 21.5 Å². The van der Waals surface area contributed by atoms with Crippen LogP contribution in [0.15, 0.2) is 24.3 Å². The first-order valence-corrected chi connectivity index (χ1v) is 12.2. The van der Waals surface area contributed by atoms with Gasteiger partial charge in [-0.2, -0.15) is 13.2 Å². The lowest BCUT2D eigenvalue weighted by Gasteiger charge is -2.36. The van der Waals surface area contributed by atoms with E-state index in [1.165, 1.54) is 25.1 Å². The molecule has 0 radical (unpaired) electrons. The lowest BCUT2D eigenvalue weighted by atomic mass is 9.91. The zero-order valence-electron chi connectivity index (χ0n) is 21.0. The molecule has 1 heterocycles. The first-order chi connectivity index (χ1) is 16.9. The van der Waals surface area contributed by atoms with Crippen molar-refractivity contribution in [2.24, 2.45) is 17.6 Å². The number of nitrogens with one attached hydrogen (secondary N) is 2. The number of amides is 1. The molecule has 2 rings (SSSR count). The predicted octanol–water partition coefficient (Wildman–Crippen LogP) is 1.49. The average molecular weight is 515 g/mol. The summed E-state index contributed by atoms with van der Waals surface area (Å²) in [4.78, 5) is 40.4. The summed E-state index contributed by atoms with van der Waals surface area (Å²) in [6, 6.07) is 3.64. The van der Waals surface area contributed by atoms with Crippen molar-refractivity contribution < 1.29 is 32.7 Å². The van der Waals surface area contributed by atoms with Crippen LogP contribution in [0.4, 0.5) is 13.2 Å². The highest BCUT2D eigenvalue weighted by molar-refractivity contribution is 5.93. The molecule has 0 spiro atoms. The van der Waals surface area contributed by atoms with E-state index in [2.05, 4.69) is 10.6 Å². The predicted molar refractivity (Wildman–Crippen MR) is 129 cm³/mol. The third-order valence-corrected chi connectivity index (χ3v) is 6.45. The molecule has 4 atom stereocenters. The molecule has 8 nitrogen and oxygen atoms in total. The fraction of sp³-hybridized carbons (Fsp3) is 0.640. The molecule has 0 saturated carbocycles. The van der Waals surface area contributed by atoms with Gasteiger partial charge in [-0.1, -0.05) is 32.0 Å². The van der Waals surface area contributed by atoms with Crippen molar-refractivity contribution >= 4 is 17.5 Å². The number of aliphatic hydroxyl groups is 1. The van der Waals surface area contributed by atoms with Crippen LogP contribution in [0.2, 0.25) is 0 Å². The molecular weight excluding hydrogens is 477 g/mol. The minimum atomic E-state index is -4.52. The Bertz CT molecular complexity index is 908. The molecule has 1 fully saturated rings. The second-order valence-corrected chi connectivity index (χ2v) is 9.56. The maximum atomic E-state index is 13.5. The molecule has 1 amide bonds. The quantitative estimate of drug-likeness (QED) is 0.333. The van der Waals surface area contributed by atoms with Crippen molar-refractivity contribution in [1.29, 1.82) is 0 Å². The lowest BCUT2D eigenvalue weighted by molar-refractivity contribution is -0.139. The molecule has 0 unspecified atom stereocenters. The van der Waals surface area contributed by atoms with Gasteiger partial charge in [0.25, 0.3) is 0 Å². The largest absolute Gasteiger partial charge is 0.416 e. The van der Waals surface area contributed by atoms with Crippen molar-refractivity contribution in [3.05, 3.63) is 35.4 Å². The van der Waals surface area contributed by atoms with E-state index in [-0.39, 0.29) is 55.5 Å². The molecule has 202 valence electrons. The number of rotatable bonds is 12. The summed E-state index contributed by atoms with van der Waals surface area (Å²) in [7, 11) is 0. The Morgan fingerprint density at radius 1 is 1.22 bits per heavy atom. The maximum absolute atomic E-state index is 13.5. The Labute approximate surface area is 209 Å². The highest BCUT2D eigenvalue weighted by atomic mass is 19.4. The van der Waals surface area contributed by atoms with Crippen molar-refractivity contribution in [3.63, 3.8) is 0 Å². The Hall–Kier alpha value is -2.34. The number of nitrogens with zero attached hydrogens (tertiary/aromatic N) is 1. The van der Waals surface area contributed by atoms with E-state index in [0.717, 1.165) is 6.07 Å². The van der Waals surface area contributed by atoms with E-state index in [1.807, 2.05) is 0 Å². The van der Waals surface area contributed by atoms with Crippen LogP contribution >= 0.6 is 0 Å². The number of alkyl halides is 3. The molecule has 36 heavy (non-hydrogen) atoms. The van der Waals surface area contributed by atoms with Gasteiger partial charge in [-0.3, -0.25) is 19.3 Å². The molecule has 1 aromatic rings. The van der Waals surface area contributed by atoms with Crippen LogP contribution in [-0.2, 0) is 27.1 Å². The summed E-state index contributed by atoms with van der Waals surface area (Å²) in [6.07, 6.45) is -5.80. The number of nitrogens with two attached hydrogens (primary N) is 1. The van der Waals surface area contributed by atoms with E-state index in [9.17, 15) is 32.7 Å². The van der Waals surface area contributed by atoms with Gasteiger partial charge in [0.1, 0.15) is 0 Å². The van der Waals surface area contributed by atoms with Gasteiger partial charge in [0.2, 0.25) is 5.91 Å². The van der Waals surface area contributed by atoms with Gasteiger partial charge in [0, 0.05) is 38.5 Å². The minimum absolute atomic E-state index is 0.0614. The van der Waals surface area contributed by atoms with Crippen LogP contribution in [-0.4, -0.2) is 71.8 Å². The molecule has 0 bridgehead atoms. The van der Waals surface area contributed by atoms with Crippen LogP contribution in [0.5, 0.6) is 0 Å². The highest BCUT2D eigenvalue weighted by Gasteiger charge is 2.37. The molecule has 5 N–H and O–H groups in total. The molecule has 1 aliphatic rings. The summed E-state index contributed by atoms with van der Waals surface area (Å²) in [6.45, 7) is 5.93. The Morgan fingerprint density at radius 2 is 1.89 bits per heavy atom. The highest BCUT2D eigenvalue weighted by Crippen LogP contribution is 2.33. The summed E-state index contributed by atoms with van der Waals surface area (Å²) in [5.41, 5.74) is 4.89. The number of carbonyl (C=O) groups excluding carboxylic acids is 3. The molecule has 11 heteroatoms. The number of aliphatic hydroxyl groups excluding tert-OH is 1. The van der Waals surface area contributed by atoms with Crippen LogP contribution in [0, 0.1) is 11.8 Å². The van der Waals surface area contributed by atoms with Crippen molar-refractivity contribution in [1.82, 2.24) is 15.5 Å². The smallest absolute Gasteiger partial charge is 0.393 e. The van der Waals surface area contributed by atoms with Gasteiger partial charge >= 0.3 is 6.18 Å². The zero-order chi connectivity index (χ0) is 27.0. The third-order valence-electron chi connectivity index (χ3n) is 6.45. The van der Waals surface area contributed by atoms with E-state index in [4.69, 9.17) is 5.73 Å². The number of hydrogen-bond donors (Lipinski definition) is 4. The van der Waals surface area contributed by atoms with E-state index in [1.54, 1.807) is 18.7 Å². The van der Waals surface area contributed by atoms with Gasteiger partial charge in [-0.25, -0.2) is 0 Å². The van der Waals surface area contributed by atoms with Gasteiger partial charge in [0.15, 0.2) is 11.6 Å². The number of carbonyl (C=O) groups is 3. The van der Waals surface area contributed by atoms with Crippen molar-refractivity contribution in [2.75, 3.05) is 26.2 Å². The molecule has 0 aliphatic carbocycles. The fourth-order valence-corrected chi connectivity index (χ4v) is 4.38. The fourth-order valence-electron chi connectivity index (χ4n) is 4.38. The van der Waals surface area contributed by atoms with Gasteiger partial charge in [0.05, 0.1) is 29.7 Å². The molecule has 1 aliphatic heterocycles. The number of hydrogen-bond acceptors (Lipinski definition) is 7. The third kappa shape index (κ3) is 8.09. The number of piperazine rings is 1. The second-order valence-electron chi connectivity index (χ2n) is 9.56. The van der Waals surface area contributed by atoms with Crippen LogP contribution in [0.3, 0.4) is 0 Å². The molecule has 1 saturated heterocycles. The van der Waals surface area contributed by atoms with Gasteiger partial charge in [-0.05, 0) is 31.5 Å². The van der Waals surface area contributed by atoms with Crippen molar-refractivity contribution in [2.45, 2.75) is 64.5 Å². The summed E-state index contributed by atoms with van der Waals surface area (Å²) >= 11 is 0. The summed E-state index contributed by atoms with van der Waals surface area (Å²) in [5, 5.41) is 16.0. The Kier molecular flexibility index (Phi) is 11.0. The Balaban J connectivity index is 2.18. The lowest BCUT2D eigenvalue weighted by Crippen LogP contribution is -2.55. The minimum Gasteiger partial charge on any atom is -0.393 e. The molecule has 0 aromatic heterocycles. The van der Waals surface area contributed by atoms with Gasteiger partial charge in [-0.15, -0.1) is 0 Å². The number of Topliss-reactive ketones (excluding diaryl/α,β-unsaturated/α-hetero) is 2. The summed E-state index contributed by atoms with van der Waals surface area (Å²) in [5.74, 6) is -2.67. The van der Waals surface area contributed by atoms with Crippen LogP contribution in [0.25, 0.3) is 0 Å². The second kappa shape index (κ2) is 13.3. The standard InChI is InChI=1S/C25H37F3N4O4/c1-15(2)23(35)20(8-9-29)31-24(36)18(16(3)33)12-22(34)21-13-30-10-11-32(21)14-17-6-4-5-7-19(17)25(26,27)28/h4-7,15-16,18,20-21,30,33H,8-14,29H2,1-3H3,(H,31,36)/t16-,18-,20-,21-/m0/s1. The first-order valence-electron chi connectivity index (χ1n) is 12.2. The average Bonchev–Trinajstić information content (AvgIpc) is 2.81. The topological polar surface area (TPSA) is 125 Å². The molecule has 1 aromatic carbocycles. The Morgan fingerprint density at radius 3 is 2.47 bits per heavy atom. The summed E-state index contributed by atoms with van der Waals surface area (Å²) < 4.78 is 40.4. The number of halogens is 3. The SMILES string of the molecule is CC(C)C(=O)[C@H](CCN)NC(=O)[C@@H](CC(=O)[C@@H]1CNCCN1Cc1ccccc1C(F)(F)F)[C@H](C)O. The van der Waals surface area contributed by atoms with E-state index in [0.29, 0.717) is 13.1 Å². The first kappa shape index (κ1) is 29.9. The maximum Gasteiger partial charge on any atom is 0.416 e. The van der Waals surface area contributed by atoms with E-state index < -0.39 is 41.8 Å². The zero-order valence-corrected chi connectivity index (χ0v) is 21.0. The van der Waals surface area contributed by atoms with E-state index >= 15 is 0 Å². The molecular formula is C25H37F3N4O4. The van der Waals surface area contributed by atoms with Crippen LogP contribution < -0.4 is 16.4 Å². The van der Waals surface area contributed by atoms with Crippen LogP contribution in [0.1, 0.15) is 44.7 Å². The normalized spacial score (nSPS) is 19.5. The number of ketones is 2. The monoisotopic (exact) mass is 514 g/mol. The van der Waals surface area contributed by atoms with Crippen molar-refractivity contribution in [3.8, 4) is 0 Å².